The van der Waals surface area contributed by atoms with Crippen LogP contribution in [0.1, 0.15) is 25.7 Å². The number of nitrogens with one attached hydrogen (secondary N) is 1. The molecule has 9 heteroatoms. The molecule has 8 nitrogen and oxygen atoms in total. The number of rotatable bonds is 6. The molecule has 0 radical (unpaired) electrons. The van der Waals surface area contributed by atoms with E-state index in [9.17, 15) is 4.79 Å². The van der Waals surface area contributed by atoms with Crippen LogP contribution >= 0.6 is 11.6 Å². The highest BCUT2D eigenvalue weighted by molar-refractivity contribution is 6.30. The van der Waals surface area contributed by atoms with Crippen molar-refractivity contribution >= 4 is 23.5 Å². The molecular weight excluding hydrogens is 394 g/mol. The number of hydrogen-bond acceptors (Lipinski definition) is 6. The Morgan fingerprint density at radius 2 is 2.21 bits per heavy atom. The molecule has 29 heavy (non-hydrogen) atoms. The average molecular weight is 420 g/mol. The fraction of sp³-hybridized carbons (Fsp3) is 0.500. The lowest BCUT2D eigenvalue weighted by molar-refractivity contribution is -0.146. The van der Waals surface area contributed by atoms with Gasteiger partial charge >= 0.3 is 5.97 Å². The largest absolute Gasteiger partial charge is 0.469 e. The number of esters is 1. The molecule has 156 valence electrons. The van der Waals surface area contributed by atoms with Crippen molar-refractivity contribution in [1.82, 2.24) is 20.4 Å². The van der Waals surface area contributed by atoms with Gasteiger partial charge in [-0.1, -0.05) is 28.9 Å². The molecule has 3 rings (SSSR count). The summed E-state index contributed by atoms with van der Waals surface area (Å²) in [6.45, 7) is 4.87. The van der Waals surface area contributed by atoms with E-state index in [0.717, 1.165) is 44.0 Å². The van der Waals surface area contributed by atoms with E-state index in [-0.39, 0.29) is 11.9 Å². The van der Waals surface area contributed by atoms with Crippen LogP contribution in [0.25, 0.3) is 11.4 Å². The van der Waals surface area contributed by atoms with E-state index in [1.54, 1.807) is 12.1 Å². The number of piperidine rings is 1. The second-order valence-electron chi connectivity index (χ2n) is 6.79. The van der Waals surface area contributed by atoms with Crippen molar-refractivity contribution in [3.8, 4) is 11.4 Å². The van der Waals surface area contributed by atoms with Crippen molar-refractivity contribution in [2.45, 2.75) is 26.2 Å². The molecule has 1 aliphatic rings. The number of halogens is 1. The summed E-state index contributed by atoms with van der Waals surface area (Å²) in [6.07, 6.45) is 2.08. The molecule has 0 spiro atoms. The highest BCUT2D eigenvalue weighted by Crippen LogP contribution is 2.20. The third-order valence-electron chi connectivity index (χ3n) is 4.80. The van der Waals surface area contributed by atoms with Gasteiger partial charge in [-0.3, -0.25) is 9.79 Å². The Morgan fingerprint density at radius 1 is 1.41 bits per heavy atom. The SMILES string of the molecule is CCNC(=NCCc1nc(-c2cccc(Cl)c2)no1)N1CCC(C(=O)OC)CC1. The number of carbonyl (C=O) groups is 1. The first-order chi connectivity index (χ1) is 14.1. The first-order valence-electron chi connectivity index (χ1n) is 9.80. The molecule has 1 aromatic carbocycles. The van der Waals surface area contributed by atoms with Gasteiger partial charge in [-0.05, 0) is 31.9 Å². The minimum Gasteiger partial charge on any atom is -0.469 e. The molecule has 0 amide bonds. The Labute approximate surface area is 175 Å². The first kappa shape index (κ1) is 21.1. The lowest BCUT2D eigenvalue weighted by Gasteiger charge is -2.33. The highest BCUT2D eigenvalue weighted by Gasteiger charge is 2.26. The first-order valence-corrected chi connectivity index (χ1v) is 10.2. The molecule has 1 saturated heterocycles. The van der Waals surface area contributed by atoms with Crippen molar-refractivity contribution in [2.75, 3.05) is 33.3 Å². The summed E-state index contributed by atoms with van der Waals surface area (Å²) < 4.78 is 10.2. The zero-order valence-corrected chi connectivity index (χ0v) is 17.5. The molecule has 1 aromatic heterocycles. The van der Waals surface area contributed by atoms with Crippen LogP contribution in [0, 0.1) is 5.92 Å². The summed E-state index contributed by atoms with van der Waals surface area (Å²) in [6, 6.07) is 7.34. The van der Waals surface area contributed by atoms with Gasteiger partial charge in [0.1, 0.15) is 0 Å². The Kier molecular flexibility index (Phi) is 7.46. The number of nitrogens with zero attached hydrogens (tertiary/aromatic N) is 4. The average Bonchev–Trinajstić information content (AvgIpc) is 3.22. The van der Waals surface area contributed by atoms with E-state index < -0.39 is 0 Å². The van der Waals surface area contributed by atoms with Crippen LogP contribution in [0.3, 0.4) is 0 Å². The summed E-state index contributed by atoms with van der Waals surface area (Å²) in [5, 5.41) is 7.96. The molecule has 0 saturated carbocycles. The number of aliphatic imine (C=N–C) groups is 1. The van der Waals surface area contributed by atoms with Gasteiger partial charge in [-0.2, -0.15) is 4.98 Å². The van der Waals surface area contributed by atoms with Crippen LogP contribution in [0.15, 0.2) is 33.8 Å². The molecule has 1 aliphatic heterocycles. The molecule has 2 heterocycles. The number of likely N-dealkylation sites (tertiary alicyclic amines) is 1. The molecule has 0 atom stereocenters. The second kappa shape index (κ2) is 10.2. The topological polar surface area (TPSA) is 92.9 Å². The fourth-order valence-corrected chi connectivity index (χ4v) is 3.47. The number of benzene rings is 1. The zero-order chi connectivity index (χ0) is 20.6. The maximum Gasteiger partial charge on any atom is 0.308 e. The summed E-state index contributed by atoms with van der Waals surface area (Å²) in [4.78, 5) is 23.0. The molecule has 0 unspecified atom stereocenters. The van der Waals surface area contributed by atoms with Crippen molar-refractivity contribution in [3.05, 3.63) is 35.2 Å². The van der Waals surface area contributed by atoms with E-state index in [1.807, 2.05) is 19.1 Å². The van der Waals surface area contributed by atoms with Crippen molar-refractivity contribution in [3.63, 3.8) is 0 Å². The van der Waals surface area contributed by atoms with Gasteiger partial charge in [0.25, 0.3) is 0 Å². The summed E-state index contributed by atoms with van der Waals surface area (Å²) in [5.74, 6) is 1.73. The van der Waals surface area contributed by atoms with Gasteiger partial charge in [0.05, 0.1) is 19.6 Å². The maximum absolute atomic E-state index is 11.7. The molecule has 1 N–H and O–H groups in total. The van der Waals surface area contributed by atoms with Crippen LogP contribution in [0.4, 0.5) is 0 Å². The minimum absolute atomic E-state index is 0.0255. The standard InChI is InChI=1S/C20H26ClN5O3/c1-3-22-20(26-11-8-14(9-12-26)19(27)28-2)23-10-7-17-24-18(25-29-17)15-5-4-6-16(21)13-15/h4-6,13-14H,3,7-12H2,1-2H3,(H,22,23). The van der Waals surface area contributed by atoms with Crippen LogP contribution < -0.4 is 5.32 Å². The second-order valence-corrected chi connectivity index (χ2v) is 7.23. The lowest BCUT2D eigenvalue weighted by Crippen LogP contribution is -2.46. The van der Waals surface area contributed by atoms with Crippen LogP contribution in [-0.2, 0) is 16.0 Å². The van der Waals surface area contributed by atoms with E-state index >= 15 is 0 Å². The number of guanidine groups is 1. The Morgan fingerprint density at radius 3 is 2.90 bits per heavy atom. The monoisotopic (exact) mass is 419 g/mol. The Hall–Kier alpha value is -2.61. The third kappa shape index (κ3) is 5.69. The fourth-order valence-electron chi connectivity index (χ4n) is 3.28. The zero-order valence-electron chi connectivity index (χ0n) is 16.7. The number of ether oxygens (including phenoxy) is 1. The highest BCUT2D eigenvalue weighted by atomic mass is 35.5. The summed E-state index contributed by atoms with van der Waals surface area (Å²) >= 11 is 6.02. The molecule has 2 aromatic rings. The molecule has 1 fully saturated rings. The van der Waals surface area contributed by atoms with Gasteiger partial charge in [0.2, 0.25) is 11.7 Å². The van der Waals surface area contributed by atoms with Crippen LogP contribution in [0.2, 0.25) is 5.02 Å². The van der Waals surface area contributed by atoms with Crippen molar-refractivity contribution in [1.29, 1.82) is 0 Å². The maximum atomic E-state index is 11.7. The molecular formula is C20H26ClN5O3. The predicted octanol–water partition coefficient (Wildman–Crippen LogP) is 2.78. The Bertz CT molecular complexity index is 846. The normalized spacial score (nSPS) is 15.4. The predicted molar refractivity (Wildman–Crippen MR) is 111 cm³/mol. The van der Waals surface area contributed by atoms with E-state index in [1.165, 1.54) is 7.11 Å². The number of hydrogen-bond donors (Lipinski definition) is 1. The van der Waals surface area contributed by atoms with Crippen LogP contribution in [0.5, 0.6) is 0 Å². The quantitative estimate of drug-likeness (QED) is 0.437. The van der Waals surface area contributed by atoms with Crippen molar-refractivity contribution < 1.29 is 14.1 Å². The summed E-state index contributed by atoms with van der Waals surface area (Å²) in [7, 11) is 1.44. The number of methoxy groups -OCH3 is 1. The van der Waals surface area contributed by atoms with Gasteiger partial charge in [0.15, 0.2) is 5.96 Å². The molecule has 0 bridgehead atoms. The van der Waals surface area contributed by atoms with Gasteiger partial charge in [-0.25, -0.2) is 0 Å². The summed E-state index contributed by atoms with van der Waals surface area (Å²) in [5.41, 5.74) is 0.817. The van der Waals surface area contributed by atoms with E-state index in [4.69, 9.17) is 20.9 Å². The van der Waals surface area contributed by atoms with Crippen LogP contribution in [-0.4, -0.2) is 60.3 Å². The van der Waals surface area contributed by atoms with E-state index in [0.29, 0.717) is 29.7 Å². The lowest BCUT2D eigenvalue weighted by atomic mass is 9.97. The third-order valence-corrected chi connectivity index (χ3v) is 5.04. The smallest absolute Gasteiger partial charge is 0.308 e. The Balaban J connectivity index is 1.57. The van der Waals surface area contributed by atoms with E-state index in [2.05, 4.69) is 25.3 Å². The van der Waals surface area contributed by atoms with Gasteiger partial charge in [-0.15, -0.1) is 0 Å². The molecule has 0 aliphatic carbocycles. The van der Waals surface area contributed by atoms with Gasteiger partial charge in [0, 0.05) is 36.6 Å². The van der Waals surface area contributed by atoms with Crippen molar-refractivity contribution in [2.24, 2.45) is 10.9 Å². The number of aromatic nitrogens is 2. The minimum atomic E-state index is -0.126. The number of carbonyl (C=O) groups excluding carboxylic acids is 1. The van der Waals surface area contributed by atoms with Gasteiger partial charge < -0.3 is 19.5 Å².